The van der Waals surface area contributed by atoms with Gasteiger partial charge in [-0.25, -0.2) is 0 Å². The van der Waals surface area contributed by atoms with Gasteiger partial charge >= 0.3 is 0 Å². The zero-order valence-corrected chi connectivity index (χ0v) is 13.8. The number of carbonyl (C=O) groups is 3. The fourth-order valence-corrected chi connectivity index (χ4v) is 2.26. The molecule has 1 rings (SSSR count). The molecule has 0 aliphatic rings. The molecule has 0 aliphatic carbocycles. The van der Waals surface area contributed by atoms with Crippen LogP contribution in [0.25, 0.3) is 6.08 Å². The summed E-state index contributed by atoms with van der Waals surface area (Å²) < 4.78 is 0. The SMILES string of the molecule is CSCC[C@H](NC(=O)/C(=C/c1ccccc1)NC(C)=O)C(=O)[O-]. The third kappa shape index (κ3) is 7.01. The fourth-order valence-electron chi connectivity index (χ4n) is 1.78. The molecule has 1 aromatic rings. The van der Waals surface area contributed by atoms with Crippen LogP contribution in [0.15, 0.2) is 36.0 Å². The number of carbonyl (C=O) groups excluding carboxylic acids is 3. The van der Waals surface area contributed by atoms with E-state index in [-0.39, 0.29) is 12.1 Å². The highest BCUT2D eigenvalue weighted by Gasteiger charge is 2.17. The van der Waals surface area contributed by atoms with Crippen molar-refractivity contribution in [3.8, 4) is 0 Å². The molecule has 6 nitrogen and oxygen atoms in total. The van der Waals surface area contributed by atoms with Crippen molar-refractivity contribution in [3.05, 3.63) is 41.6 Å². The molecule has 0 heterocycles. The van der Waals surface area contributed by atoms with E-state index in [9.17, 15) is 19.5 Å². The summed E-state index contributed by atoms with van der Waals surface area (Å²) in [4.78, 5) is 34.6. The molecule has 124 valence electrons. The molecular weight excluding hydrogens is 316 g/mol. The number of benzene rings is 1. The number of hydrogen-bond acceptors (Lipinski definition) is 5. The predicted octanol–water partition coefficient (Wildman–Crippen LogP) is 0.151. The van der Waals surface area contributed by atoms with Gasteiger partial charge in [-0.05, 0) is 30.1 Å². The van der Waals surface area contributed by atoms with Crippen LogP contribution in [0, 0.1) is 0 Å². The molecule has 0 bridgehead atoms. The zero-order valence-electron chi connectivity index (χ0n) is 13.0. The van der Waals surface area contributed by atoms with Crippen molar-refractivity contribution in [2.24, 2.45) is 0 Å². The third-order valence-corrected chi connectivity index (χ3v) is 3.51. The van der Waals surface area contributed by atoms with Crippen LogP contribution in [0.4, 0.5) is 0 Å². The first kappa shape index (κ1) is 18.8. The molecule has 7 heteroatoms. The van der Waals surface area contributed by atoms with Gasteiger partial charge in [0.25, 0.3) is 5.91 Å². The first-order valence-electron chi connectivity index (χ1n) is 6.99. The number of aliphatic carboxylic acids is 1. The molecule has 0 spiro atoms. The second-order valence-electron chi connectivity index (χ2n) is 4.78. The summed E-state index contributed by atoms with van der Waals surface area (Å²) in [5.74, 6) is -1.87. The smallest absolute Gasteiger partial charge is 0.268 e. The maximum atomic E-state index is 12.3. The number of nitrogens with one attached hydrogen (secondary N) is 2. The fraction of sp³-hybridized carbons (Fsp3) is 0.312. The van der Waals surface area contributed by atoms with E-state index in [2.05, 4.69) is 10.6 Å². The van der Waals surface area contributed by atoms with E-state index in [0.29, 0.717) is 11.3 Å². The van der Waals surface area contributed by atoms with E-state index in [0.717, 1.165) is 0 Å². The lowest BCUT2D eigenvalue weighted by molar-refractivity contribution is -0.308. The highest BCUT2D eigenvalue weighted by Crippen LogP contribution is 2.06. The number of amides is 2. The number of hydrogen-bond donors (Lipinski definition) is 2. The minimum Gasteiger partial charge on any atom is -0.548 e. The van der Waals surface area contributed by atoms with Crippen LogP contribution < -0.4 is 15.7 Å². The van der Waals surface area contributed by atoms with E-state index in [1.54, 1.807) is 24.3 Å². The lowest BCUT2D eigenvalue weighted by Crippen LogP contribution is -2.49. The summed E-state index contributed by atoms with van der Waals surface area (Å²) in [5.41, 5.74) is 0.694. The lowest BCUT2D eigenvalue weighted by Gasteiger charge is -2.20. The van der Waals surface area contributed by atoms with Crippen LogP contribution in [0.5, 0.6) is 0 Å². The summed E-state index contributed by atoms with van der Waals surface area (Å²) in [6.45, 7) is 1.27. The Labute approximate surface area is 139 Å². The van der Waals surface area contributed by atoms with Crippen LogP contribution in [0.1, 0.15) is 18.9 Å². The van der Waals surface area contributed by atoms with Crippen molar-refractivity contribution >= 4 is 35.6 Å². The van der Waals surface area contributed by atoms with Gasteiger partial charge in [-0.3, -0.25) is 9.59 Å². The van der Waals surface area contributed by atoms with Crippen molar-refractivity contribution < 1.29 is 19.5 Å². The first-order chi connectivity index (χ1) is 10.9. The normalized spacial score (nSPS) is 12.3. The maximum absolute atomic E-state index is 12.3. The summed E-state index contributed by atoms with van der Waals surface area (Å²) >= 11 is 1.47. The third-order valence-electron chi connectivity index (χ3n) is 2.87. The number of thioether (sulfide) groups is 1. The highest BCUT2D eigenvalue weighted by atomic mass is 32.2. The molecule has 1 atom stereocenters. The Kier molecular flexibility index (Phi) is 7.90. The van der Waals surface area contributed by atoms with Crippen molar-refractivity contribution in [1.29, 1.82) is 0 Å². The molecule has 2 amide bonds. The Morgan fingerprint density at radius 1 is 1.26 bits per heavy atom. The van der Waals surface area contributed by atoms with Gasteiger partial charge in [-0.1, -0.05) is 30.3 Å². The minimum absolute atomic E-state index is 0.0147. The molecule has 0 aliphatic heterocycles. The molecule has 1 aromatic carbocycles. The van der Waals surface area contributed by atoms with E-state index >= 15 is 0 Å². The van der Waals surface area contributed by atoms with Gasteiger partial charge in [-0.2, -0.15) is 11.8 Å². The lowest BCUT2D eigenvalue weighted by atomic mass is 10.1. The first-order valence-corrected chi connectivity index (χ1v) is 8.38. The van der Waals surface area contributed by atoms with Gasteiger partial charge in [-0.15, -0.1) is 0 Å². The molecule has 0 saturated carbocycles. The molecule has 0 unspecified atom stereocenters. The minimum atomic E-state index is -1.35. The predicted molar refractivity (Wildman–Crippen MR) is 88.2 cm³/mol. The standard InChI is InChI=1S/C16H20N2O4S/c1-11(19)17-14(10-12-6-4-3-5-7-12)15(20)18-13(16(21)22)8-9-23-2/h3-7,10,13H,8-9H2,1-2H3,(H,17,19)(H,18,20)(H,21,22)/p-1/b14-10-/t13-/m0/s1. The summed E-state index contributed by atoms with van der Waals surface area (Å²) in [7, 11) is 0. The average molecular weight is 335 g/mol. The molecule has 0 saturated heterocycles. The van der Waals surface area contributed by atoms with Crippen molar-refractivity contribution in [3.63, 3.8) is 0 Å². The second-order valence-corrected chi connectivity index (χ2v) is 5.76. The molecule has 23 heavy (non-hydrogen) atoms. The van der Waals surface area contributed by atoms with Crippen molar-refractivity contribution in [1.82, 2.24) is 10.6 Å². The second kappa shape index (κ2) is 9.68. The largest absolute Gasteiger partial charge is 0.548 e. The van der Waals surface area contributed by atoms with Crippen LogP contribution in [0.2, 0.25) is 0 Å². The van der Waals surface area contributed by atoms with Crippen molar-refractivity contribution in [2.75, 3.05) is 12.0 Å². The monoisotopic (exact) mass is 335 g/mol. The Balaban J connectivity index is 2.93. The van der Waals surface area contributed by atoms with Gasteiger partial charge in [0.1, 0.15) is 5.70 Å². The Morgan fingerprint density at radius 3 is 2.43 bits per heavy atom. The van der Waals surface area contributed by atoms with E-state index in [4.69, 9.17) is 0 Å². The Bertz CT molecular complexity index is 587. The highest BCUT2D eigenvalue weighted by molar-refractivity contribution is 7.98. The van der Waals surface area contributed by atoms with Crippen LogP contribution in [0.3, 0.4) is 0 Å². The molecule has 0 radical (unpaired) electrons. The number of rotatable bonds is 8. The Hall–Kier alpha value is -2.28. The molecule has 0 aromatic heterocycles. The Morgan fingerprint density at radius 2 is 1.91 bits per heavy atom. The molecular formula is C16H19N2O4S-. The maximum Gasteiger partial charge on any atom is 0.268 e. The summed E-state index contributed by atoms with van der Waals surface area (Å²) in [6.07, 6.45) is 3.57. The van der Waals surface area contributed by atoms with E-state index in [1.807, 2.05) is 12.3 Å². The van der Waals surface area contributed by atoms with E-state index < -0.39 is 23.8 Å². The van der Waals surface area contributed by atoms with Gasteiger partial charge in [0.05, 0.1) is 12.0 Å². The van der Waals surface area contributed by atoms with Crippen LogP contribution >= 0.6 is 11.8 Å². The molecule has 2 N–H and O–H groups in total. The van der Waals surface area contributed by atoms with Gasteiger partial charge in [0.2, 0.25) is 5.91 Å². The van der Waals surface area contributed by atoms with Crippen molar-refractivity contribution in [2.45, 2.75) is 19.4 Å². The average Bonchev–Trinajstić information content (AvgIpc) is 2.50. The zero-order chi connectivity index (χ0) is 17.2. The van der Waals surface area contributed by atoms with Gasteiger partial charge in [0, 0.05) is 6.92 Å². The van der Waals surface area contributed by atoms with Gasteiger partial charge < -0.3 is 20.5 Å². The topological polar surface area (TPSA) is 98.3 Å². The number of carboxylic acid groups (broad SMARTS) is 1. The van der Waals surface area contributed by atoms with E-state index in [1.165, 1.54) is 24.8 Å². The van der Waals surface area contributed by atoms with Gasteiger partial charge in [0.15, 0.2) is 0 Å². The quantitative estimate of drug-likeness (QED) is 0.659. The van der Waals surface area contributed by atoms with Crippen LogP contribution in [-0.2, 0) is 14.4 Å². The number of carboxylic acids is 1. The summed E-state index contributed by atoms with van der Waals surface area (Å²) in [6, 6.07) is 7.82. The summed E-state index contributed by atoms with van der Waals surface area (Å²) in [5, 5.41) is 15.9. The van der Waals surface area contributed by atoms with Crippen LogP contribution in [-0.4, -0.2) is 35.8 Å². The molecule has 0 fully saturated rings.